The normalized spacial score (nSPS) is 12.7. The molecule has 0 bridgehead atoms. The first-order chi connectivity index (χ1) is 12.1. The van der Waals surface area contributed by atoms with Crippen molar-refractivity contribution in [3.63, 3.8) is 0 Å². The van der Waals surface area contributed by atoms with Crippen molar-refractivity contribution in [2.75, 3.05) is 27.3 Å². The van der Waals surface area contributed by atoms with Gasteiger partial charge in [-0.3, -0.25) is 4.99 Å². The van der Waals surface area contributed by atoms with Crippen LogP contribution in [-0.2, 0) is 12.8 Å². The van der Waals surface area contributed by atoms with Crippen molar-refractivity contribution < 1.29 is 9.47 Å². The first kappa shape index (κ1) is 19.1. The van der Waals surface area contributed by atoms with E-state index in [1.165, 1.54) is 4.88 Å². The first-order valence-corrected chi connectivity index (χ1v) is 9.27. The molecule has 1 heterocycles. The molecule has 1 unspecified atom stereocenters. The van der Waals surface area contributed by atoms with Crippen LogP contribution in [0.2, 0.25) is 0 Å². The van der Waals surface area contributed by atoms with Crippen molar-refractivity contribution in [1.29, 1.82) is 0 Å². The van der Waals surface area contributed by atoms with E-state index in [0.717, 1.165) is 43.0 Å². The number of benzene rings is 1. The van der Waals surface area contributed by atoms with Gasteiger partial charge in [0.15, 0.2) is 17.5 Å². The molecule has 2 rings (SSSR count). The summed E-state index contributed by atoms with van der Waals surface area (Å²) in [7, 11) is 3.28. The zero-order valence-electron chi connectivity index (χ0n) is 15.1. The molecule has 1 atom stereocenters. The zero-order chi connectivity index (χ0) is 18.1. The number of hydrogen-bond acceptors (Lipinski definition) is 4. The zero-order valence-corrected chi connectivity index (χ0v) is 15.9. The Balaban J connectivity index is 1.75. The molecule has 0 saturated heterocycles. The van der Waals surface area contributed by atoms with Crippen molar-refractivity contribution in [1.82, 2.24) is 5.32 Å². The molecule has 0 saturated carbocycles. The van der Waals surface area contributed by atoms with Crippen LogP contribution in [-0.4, -0.2) is 33.3 Å². The maximum Gasteiger partial charge on any atom is 0.188 e. The van der Waals surface area contributed by atoms with Crippen molar-refractivity contribution in [2.45, 2.75) is 19.8 Å². The Morgan fingerprint density at radius 2 is 2.04 bits per heavy atom. The highest BCUT2D eigenvalue weighted by Crippen LogP contribution is 2.27. The maximum absolute atomic E-state index is 5.96. The van der Waals surface area contributed by atoms with E-state index in [-0.39, 0.29) is 0 Å². The number of methoxy groups -OCH3 is 2. The van der Waals surface area contributed by atoms with E-state index in [2.05, 4.69) is 34.7 Å². The lowest BCUT2D eigenvalue weighted by Crippen LogP contribution is -2.33. The van der Waals surface area contributed by atoms with Crippen LogP contribution in [0, 0.1) is 5.92 Å². The molecular weight excluding hydrogens is 334 g/mol. The molecular formula is C19H27N3O2S. The van der Waals surface area contributed by atoms with Gasteiger partial charge in [0.05, 0.1) is 14.2 Å². The summed E-state index contributed by atoms with van der Waals surface area (Å²) in [6.07, 6.45) is 1.88. The Labute approximate surface area is 153 Å². The van der Waals surface area contributed by atoms with E-state index in [9.17, 15) is 0 Å². The molecule has 0 aliphatic carbocycles. The number of aliphatic imine (C=N–C) groups is 1. The summed E-state index contributed by atoms with van der Waals surface area (Å²) in [5.74, 6) is 2.45. The van der Waals surface area contributed by atoms with E-state index in [1.54, 1.807) is 25.6 Å². The van der Waals surface area contributed by atoms with Crippen LogP contribution in [0.15, 0.2) is 40.7 Å². The topological polar surface area (TPSA) is 68.9 Å². The molecule has 3 N–H and O–H groups in total. The minimum Gasteiger partial charge on any atom is -0.493 e. The molecule has 0 amide bonds. The second kappa shape index (κ2) is 9.93. The van der Waals surface area contributed by atoms with Crippen LogP contribution in [0.5, 0.6) is 11.5 Å². The quantitative estimate of drug-likeness (QED) is 0.532. The van der Waals surface area contributed by atoms with E-state index < -0.39 is 0 Å². The molecule has 136 valence electrons. The minimum atomic E-state index is 0.477. The van der Waals surface area contributed by atoms with Crippen LogP contribution in [0.1, 0.15) is 17.4 Å². The van der Waals surface area contributed by atoms with Crippen molar-refractivity contribution in [2.24, 2.45) is 16.6 Å². The predicted molar refractivity (Wildman–Crippen MR) is 105 cm³/mol. The Kier molecular flexibility index (Phi) is 7.60. The third-order valence-corrected chi connectivity index (χ3v) is 4.77. The highest BCUT2D eigenvalue weighted by molar-refractivity contribution is 7.09. The van der Waals surface area contributed by atoms with Crippen LogP contribution in [0.4, 0.5) is 0 Å². The van der Waals surface area contributed by atoms with Gasteiger partial charge in [0.2, 0.25) is 0 Å². The first-order valence-electron chi connectivity index (χ1n) is 8.39. The lowest BCUT2D eigenvalue weighted by atomic mass is 10.1. The average Bonchev–Trinajstić information content (AvgIpc) is 3.12. The van der Waals surface area contributed by atoms with Gasteiger partial charge in [0.25, 0.3) is 0 Å². The van der Waals surface area contributed by atoms with Gasteiger partial charge in [-0.05, 0) is 47.9 Å². The Bertz CT molecular complexity index is 671. The van der Waals surface area contributed by atoms with Crippen LogP contribution in [0.3, 0.4) is 0 Å². The monoisotopic (exact) mass is 361 g/mol. The third kappa shape index (κ3) is 6.31. The summed E-state index contributed by atoms with van der Waals surface area (Å²) in [5.41, 5.74) is 7.11. The van der Waals surface area contributed by atoms with Gasteiger partial charge in [-0.25, -0.2) is 0 Å². The molecule has 5 nitrogen and oxygen atoms in total. The number of nitrogens with zero attached hydrogens (tertiary/aromatic N) is 1. The fraction of sp³-hybridized carbons (Fsp3) is 0.421. The Morgan fingerprint density at radius 1 is 1.24 bits per heavy atom. The molecule has 25 heavy (non-hydrogen) atoms. The fourth-order valence-electron chi connectivity index (χ4n) is 2.52. The van der Waals surface area contributed by atoms with E-state index >= 15 is 0 Å². The smallest absolute Gasteiger partial charge is 0.188 e. The van der Waals surface area contributed by atoms with Gasteiger partial charge in [-0.2, -0.15) is 0 Å². The van der Waals surface area contributed by atoms with Crippen molar-refractivity contribution >= 4 is 17.3 Å². The molecule has 0 aliphatic rings. The molecule has 1 aromatic heterocycles. The van der Waals surface area contributed by atoms with Gasteiger partial charge in [-0.1, -0.05) is 19.1 Å². The van der Waals surface area contributed by atoms with Crippen LogP contribution >= 0.6 is 11.3 Å². The fourth-order valence-corrected chi connectivity index (χ4v) is 3.39. The number of thiophene rings is 1. The highest BCUT2D eigenvalue weighted by Gasteiger charge is 2.06. The Hall–Kier alpha value is -2.21. The standard InChI is InChI=1S/C19H27N3O2S/c1-14(11-16-5-4-10-25-16)13-22-19(20)21-9-8-15-6-7-17(23-2)18(12-15)24-3/h4-7,10,12,14H,8-9,11,13H2,1-3H3,(H3,20,21,22). The predicted octanol–water partition coefficient (Wildman–Crippen LogP) is 3.09. The molecule has 0 aliphatic heterocycles. The van der Waals surface area contributed by atoms with Crippen molar-refractivity contribution in [3.05, 3.63) is 46.2 Å². The molecule has 6 heteroatoms. The minimum absolute atomic E-state index is 0.477. The molecule has 1 aromatic carbocycles. The second-order valence-corrected chi connectivity index (χ2v) is 7.01. The van der Waals surface area contributed by atoms with Crippen molar-refractivity contribution in [3.8, 4) is 11.5 Å². The van der Waals surface area contributed by atoms with Gasteiger partial charge < -0.3 is 20.5 Å². The molecule has 0 radical (unpaired) electrons. The molecule has 0 fully saturated rings. The number of ether oxygens (including phenoxy) is 2. The van der Waals surface area contributed by atoms with Gasteiger partial charge in [0, 0.05) is 18.0 Å². The van der Waals surface area contributed by atoms with E-state index in [0.29, 0.717) is 11.9 Å². The van der Waals surface area contributed by atoms with Gasteiger partial charge in [-0.15, -0.1) is 11.3 Å². The molecule has 2 aromatic rings. The number of rotatable bonds is 9. The van der Waals surface area contributed by atoms with E-state index in [1.807, 2.05) is 18.2 Å². The van der Waals surface area contributed by atoms with Gasteiger partial charge >= 0.3 is 0 Å². The van der Waals surface area contributed by atoms with Crippen LogP contribution in [0.25, 0.3) is 0 Å². The average molecular weight is 362 g/mol. The number of nitrogens with one attached hydrogen (secondary N) is 1. The summed E-state index contributed by atoms with van der Waals surface area (Å²) in [6.45, 7) is 3.65. The SMILES string of the molecule is COc1ccc(CCNC(N)=NCC(C)Cc2cccs2)cc1OC. The number of hydrogen-bond donors (Lipinski definition) is 2. The summed E-state index contributed by atoms with van der Waals surface area (Å²) in [5, 5.41) is 5.28. The summed E-state index contributed by atoms with van der Waals surface area (Å²) in [6, 6.07) is 10.2. The second-order valence-electron chi connectivity index (χ2n) is 5.98. The summed E-state index contributed by atoms with van der Waals surface area (Å²) in [4.78, 5) is 5.83. The van der Waals surface area contributed by atoms with E-state index in [4.69, 9.17) is 15.2 Å². The Morgan fingerprint density at radius 3 is 2.72 bits per heavy atom. The summed E-state index contributed by atoms with van der Waals surface area (Å²) < 4.78 is 10.6. The largest absolute Gasteiger partial charge is 0.493 e. The number of guanidine groups is 1. The lowest BCUT2D eigenvalue weighted by Gasteiger charge is -2.11. The summed E-state index contributed by atoms with van der Waals surface area (Å²) >= 11 is 1.79. The van der Waals surface area contributed by atoms with Gasteiger partial charge in [0.1, 0.15) is 0 Å². The number of nitrogens with two attached hydrogens (primary N) is 1. The maximum atomic E-state index is 5.96. The highest BCUT2D eigenvalue weighted by atomic mass is 32.1. The molecule has 0 spiro atoms. The lowest BCUT2D eigenvalue weighted by molar-refractivity contribution is 0.354. The third-order valence-electron chi connectivity index (χ3n) is 3.87. The van der Waals surface area contributed by atoms with Crippen LogP contribution < -0.4 is 20.5 Å².